The Morgan fingerprint density at radius 2 is 1.68 bits per heavy atom. The molecule has 2 heterocycles. The Kier molecular flexibility index (Phi) is 3.69. The summed E-state index contributed by atoms with van der Waals surface area (Å²) in [5, 5.41) is 1.34. The summed E-state index contributed by atoms with van der Waals surface area (Å²) in [6.07, 6.45) is 6.61. The van der Waals surface area contributed by atoms with Crippen LogP contribution < -0.4 is 0 Å². The van der Waals surface area contributed by atoms with Crippen molar-refractivity contribution in [2.45, 2.75) is 32.0 Å². The third kappa shape index (κ3) is 2.55. The molecule has 1 saturated heterocycles. The van der Waals surface area contributed by atoms with Crippen molar-refractivity contribution >= 4 is 10.9 Å². The third-order valence-electron chi connectivity index (χ3n) is 4.76. The molecule has 2 nitrogen and oxygen atoms in total. The van der Waals surface area contributed by atoms with Crippen LogP contribution >= 0.6 is 0 Å². The second-order valence-corrected chi connectivity index (χ2v) is 6.21. The zero-order valence-corrected chi connectivity index (χ0v) is 12.9. The maximum atomic E-state index is 2.63. The van der Waals surface area contributed by atoms with Crippen LogP contribution in [0.3, 0.4) is 0 Å². The van der Waals surface area contributed by atoms with Gasteiger partial charge < -0.3 is 4.57 Å². The highest BCUT2D eigenvalue weighted by atomic mass is 15.3. The highest BCUT2D eigenvalue weighted by Crippen LogP contribution is 2.31. The first kappa shape index (κ1) is 13.6. The fraction of sp³-hybridized carbons (Fsp3) is 0.300. The molecule has 1 unspecified atom stereocenters. The lowest BCUT2D eigenvalue weighted by molar-refractivity contribution is 0.0910. The SMILES string of the molecule is c1ccc(CN2CCCCC2n2ccc3ccccc32)cc1. The lowest BCUT2D eigenvalue weighted by Crippen LogP contribution is -2.36. The van der Waals surface area contributed by atoms with Crippen molar-refractivity contribution in [3.63, 3.8) is 0 Å². The third-order valence-corrected chi connectivity index (χ3v) is 4.76. The minimum atomic E-state index is 0.480. The fourth-order valence-corrected chi connectivity index (χ4v) is 3.66. The van der Waals surface area contributed by atoms with Crippen molar-refractivity contribution in [3.05, 3.63) is 72.4 Å². The molecule has 0 radical (unpaired) electrons. The average Bonchev–Trinajstić information content (AvgIpc) is 3.00. The Morgan fingerprint density at radius 3 is 2.59 bits per heavy atom. The summed E-state index contributed by atoms with van der Waals surface area (Å²) >= 11 is 0. The maximum absolute atomic E-state index is 2.63. The first-order chi connectivity index (χ1) is 10.9. The molecule has 0 bridgehead atoms. The van der Waals surface area contributed by atoms with E-state index in [4.69, 9.17) is 0 Å². The van der Waals surface area contributed by atoms with Crippen molar-refractivity contribution in [1.29, 1.82) is 0 Å². The van der Waals surface area contributed by atoms with Gasteiger partial charge in [-0.05, 0) is 42.3 Å². The molecule has 1 aromatic heterocycles. The number of hydrogen-bond donors (Lipinski definition) is 0. The van der Waals surface area contributed by atoms with Crippen LogP contribution in [-0.4, -0.2) is 16.0 Å². The van der Waals surface area contributed by atoms with Crippen LogP contribution in [0.2, 0.25) is 0 Å². The van der Waals surface area contributed by atoms with Gasteiger partial charge in [0.2, 0.25) is 0 Å². The summed E-state index contributed by atoms with van der Waals surface area (Å²) in [4.78, 5) is 2.63. The first-order valence-electron chi connectivity index (χ1n) is 8.25. The van der Waals surface area contributed by atoms with E-state index in [-0.39, 0.29) is 0 Å². The van der Waals surface area contributed by atoms with E-state index in [9.17, 15) is 0 Å². The summed E-state index contributed by atoms with van der Waals surface area (Å²) < 4.78 is 2.47. The summed E-state index contributed by atoms with van der Waals surface area (Å²) in [6.45, 7) is 2.23. The number of nitrogens with zero attached hydrogens (tertiary/aromatic N) is 2. The van der Waals surface area contributed by atoms with Gasteiger partial charge in [-0.25, -0.2) is 0 Å². The van der Waals surface area contributed by atoms with Crippen molar-refractivity contribution in [1.82, 2.24) is 9.47 Å². The van der Waals surface area contributed by atoms with E-state index in [0.29, 0.717) is 6.17 Å². The molecule has 22 heavy (non-hydrogen) atoms. The van der Waals surface area contributed by atoms with E-state index < -0.39 is 0 Å². The average molecular weight is 290 g/mol. The molecular formula is C20H22N2. The molecule has 0 saturated carbocycles. The zero-order chi connectivity index (χ0) is 14.8. The monoisotopic (exact) mass is 290 g/mol. The Bertz CT molecular complexity index is 745. The fourth-order valence-electron chi connectivity index (χ4n) is 3.66. The second-order valence-electron chi connectivity index (χ2n) is 6.21. The molecule has 112 valence electrons. The van der Waals surface area contributed by atoms with E-state index in [1.54, 1.807) is 0 Å². The topological polar surface area (TPSA) is 8.17 Å². The number of aromatic nitrogens is 1. The van der Waals surface area contributed by atoms with E-state index >= 15 is 0 Å². The van der Waals surface area contributed by atoms with Crippen LogP contribution in [0.1, 0.15) is 31.0 Å². The second kappa shape index (κ2) is 5.98. The molecule has 1 fully saturated rings. The number of hydrogen-bond acceptors (Lipinski definition) is 1. The van der Waals surface area contributed by atoms with Gasteiger partial charge in [0.15, 0.2) is 0 Å². The van der Waals surface area contributed by atoms with Crippen LogP contribution in [0.4, 0.5) is 0 Å². The van der Waals surface area contributed by atoms with Gasteiger partial charge in [0, 0.05) is 24.8 Å². The lowest BCUT2D eigenvalue weighted by Gasteiger charge is -2.37. The van der Waals surface area contributed by atoms with E-state index in [2.05, 4.69) is 76.3 Å². The van der Waals surface area contributed by atoms with E-state index in [0.717, 1.165) is 6.54 Å². The number of benzene rings is 2. The molecule has 0 spiro atoms. The largest absolute Gasteiger partial charge is 0.331 e. The van der Waals surface area contributed by atoms with Crippen LogP contribution in [0.15, 0.2) is 66.9 Å². The van der Waals surface area contributed by atoms with Gasteiger partial charge in [-0.1, -0.05) is 48.5 Å². The molecule has 0 aliphatic carbocycles. The molecule has 1 aliphatic rings. The van der Waals surface area contributed by atoms with Gasteiger partial charge in [-0.15, -0.1) is 0 Å². The van der Waals surface area contributed by atoms with Crippen molar-refractivity contribution in [2.24, 2.45) is 0 Å². The van der Waals surface area contributed by atoms with Crippen molar-refractivity contribution in [3.8, 4) is 0 Å². The number of likely N-dealkylation sites (tertiary alicyclic amines) is 1. The van der Waals surface area contributed by atoms with Crippen LogP contribution in [-0.2, 0) is 6.54 Å². The van der Waals surface area contributed by atoms with Crippen LogP contribution in [0.5, 0.6) is 0 Å². The van der Waals surface area contributed by atoms with Crippen molar-refractivity contribution in [2.75, 3.05) is 6.54 Å². The van der Waals surface area contributed by atoms with Crippen molar-refractivity contribution < 1.29 is 0 Å². The van der Waals surface area contributed by atoms with Gasteiger partial charge in [0.1, 0.15) is 0 Å². The number of rotatable bonds is 3. The lowest BCUT2D eigenvalue weighted by atomic mass is 10.1. The smallest absolute Gasteiger partial charge is 0.0867 e. The van der Waals surface area contributed by atoms with Gasteiger partial charge in [0.05, 0.1) is 6.17 Å². The van der Waals surface area contributed by atoms with Crippen LogP contribution in [0, 0.1) is 0 Å². The van der Waals surface area contributed by atoms with Gasteiger partial charge >= 0.3 is 0 Å². The Balaban J connectivity index is 1.66. The highest BCUT2D eigenvalue weighted by molar-refractivity contribution is 5.80. The zero-order valence-electron chi connectivity index (χ0n) is 12.9. The number of para-hydroxylation sites is 1. The molecule has 1 aliphatic heterocycles. The maximum Gasteiger partial charge on any atom is 0.0867 e. The van der Waals surface area contributed by atoms with Gasteiger partial charge in [-0.2, -0.15) is 0 Å². The standard InChI is InChI=1S/C20H22N2/c1-2-8-17(9-3-1)16-21-14-7-6-12-20(21)22-15-13-18-10-4-5-11-19(18)22/h1-5,8-11,13,15,20H,6-7,12,14,16H2. The Hall–Kier alpha value is -2.06. The molecule has 1 atom stereocenters. The summed E-state index contributed by atoms with van der Waals surface area (Å²) in [7, 11) is 0. The van der Waals surface area contributed by atoms with Gasteiger partial charge in [0.25, 0.3) is 0 Å². The Labute approximate surface area is 132 Å². The molecule has 4 rings (SSSR count). The predicted molar refractivity (Wildman–Crippen MR) is 91.7 cm³/mol. The normalized spacial score (nSPS) is 19.5. The van der Waals surface area contributed by atoms with Gasteiger partial charge in [-0.3, -0.25) is 4.90 Å². The molecular weight excluding hydrogens is 268 g/mol. The molecule has 0 amide bonds. The first-order valence-corrected chi connectivity index (χ1v) is 8.25. The summed E-state index contributed by atoms with van der Waals surface area (Å²) in [5.41, 5.74) is 2.76. The van der Waals surface area contributed by atoms with E-state index in [1.165, 1.54) is 42.3 Å². The number of fused-ring (bicyclic) bond motifs is 1. The summed E-state index contributed by atoms with van der Waals surface area (Å²) in [5.74, 6) is 0. The van der Waals surface area contributed by atoms with Crippen LogP contribution in [0.25, 0.3) is 10.9 Å². The Morgan fingerprint density at radius 1 is 0.864 bits per heavy atom. The molecule has 2 aromatic carbocycles. The molecule has 3 aromatic rings. The quantitative estimate of drug-likeness (QED) is 0.671. The molecule has 0 N–H and O–H groups in total. The molecule has 2 heteroatoms. The minimum Gasteiger partial charge on any atom is -0.331 e. The minimum absolute atomic E-state index is 0.480. The predicted octanol–water partition coefficient (Wildman–Crippen LogP) is 4.83. The number of piperidine rings is 1. The summed E-state index contributed by atoms with van der Waals surface area (Å²) in [6, 6.07) is 21.8. The van der Waals surface area contributed by atoms with E-state index in [1.807, 2.05) is 0 Å². The highest BCUT2D eigenvalue weighted by Gasteiger charge is 2.24.